The van der Waals surface area contributed by atoms with Gasteiger partial charge in [-0.1, -0.05) is 47.6 Å². The van der Waals surface area contributed by atoms with E-state index in [4.69, 9.17) is 9.26 Å². The summed E-state index contributed by atoms with van der Waals surface area (Å²) in [7, 11) is 0. The fraction of sp³-hybridized carbons (Fsp3) is 0.348. The molecule has 2 aromatic carbocycles. The molecule has 1 atom stereocenters. The second kappa shape index (κ2) is 8.90. The van der Waals surface area contributed by atoms with E-state index in [-0.39, 0.29) is 11.8 Å². The fourth-order valence-corrected chi connectivity index (χ4v) is 3.71. The number of hydrogen-bond acceptors (Lipinski definition) is 5. The first kappa shape index (κ1) is 19.2. The molecule has 0 saturated carbocycles. The molecule has 0 N–H and O–H groups in total. The van der Waals surface area contributed by atoms with Gasteiger partial charge in [0.1, 0.15) is 5.75 Å². The molecule has 0 aliphatic carbocycles. The van der Waals surface area contributed by atoms with Crippen LogP contribution in [0.2, 0.25) is 0 Å². The lowest BCUT2D eigenvalue weighted by Crippen LogP contribution is -2.26. The number of aromatic nitrogens is 2. The smallest absolute Gasteiger partial charge is 0.261 e. The summed E-state index contributed by atoms with van der Waals surface area (Å²) in [5.74, 6) is 1.86. The van der Waals surface area contributed by atoms with Gasteiger partial charge in [0.25, 0.3) is 5.89 Å². The van der Waals surface area contributed by atoms with Gasteiger partial charge in [0.15, 0.2) is 5.82 Å². The largest absolute Gasteiger partial charge is 0.493 e. The molecule has 1 amide bonds. The van der Waals surface area contributed by atoms with Gasteiger partial charge in [-0.2, -0.15) is 4.98 Å². The Morgan fingerprint density at radius 1 is 1.14 bits per heavy atom. The predicted octanol–water partition coefficient (Wildman–Crippen LogP) is 4.08. The molecule has 1 aliphatic heterocycles. The van der Waals surface area contributed by atoms with Crippen LogP contribution in [0.4, 0.5) is 0 Å². The van der Waals surface area contributed by atoms with Gasteiger partial charge in [0, 0.05) is 25.4 Å². The van der Waals surface area contributed by atoms with Gasteiger partial charge >= 0.3 is 0 Å². The molecule has 0 bridgehead atoms. The number of nitrogens with zero attached hydrogens (tertiary/aromatic N) is 3. The molecule has 2 heterocycles. The Balaban J connectivity index is 1.38. The highest BCUT2D eigenvalue weighted by atomic mass is 16.5. The van der Waals surface area contributed by atoms with Crippen LogP contribution in [0.5, 0.6) is 5.75 Å². The minimum Gasteiger partial charge on any atom is -0.493 e. The van der Waals surface area contributed by atoms with E-state index in [1.165, 1.54) is 5.56 Å². The van der Waals surface area contributed by atoms with Gasteiger partial charge in [-0.3, -0.25) is 4.79 Å². The molecular formula is C23H25N3O3. The van der Waals surface area contributed by atoms with Crippen molar-refractivity contribution < 1.29 is 14.1 Å². The van der Waals surface area contributed by atoms with Crippen LogP contribution in [0.1, 0.15) is 37.1 Å². The van der Waals surface area contributed by atoms with E-state index in [0.717, 1.165) is 30.7 Å². The van der Waals surface area contributed by atoms with Crippen molar-refractivity contribution in [1.82, 2.24) is 15.0 Å². The van der Waals surface area contributed by atoms with E-state index >= 15 is 0 Å². The van der Waals surface area contributed by atoms with Crippen LogP contribution in [-0.2, 0) is 11.2 Å². The summed E-state index contributed by atoms with van der Waals surface area (Å²) in [6, 6.07) is 18.0. The van der Waals surface area contributed by atoms with E-state index in [0.29, 0.717) is 31.3 Å². The van der Waals surface area contributed by atoms with Crippen LogP contribution >= 0.6 is 0 Å². The van der Waals surface area contributed by atoms with Crippen LogP contribution in [-0.4, -0.2) is 40.6 Å². The molecule has 150 valence electrons. The van der Waals surface area contributed by atoms with Crippen molar-refractivity contribution in [3.05, 3.63) is 66.0 Å². The number of ether oxygens (including phenoxy) is 1. The van der Waals surface area contributed by atoms with Crippen LogP contribution in [0.15, 0.2) is 59.1 Å². The summed E-state index contributed by atoms with van der Waals surface area (Å²) in [6.07, 6.45) is 2.34. The monoisotopic (exact) mass is 391 g/mol. The number of amides is 1. The van der Waals surface area contributed by atoms with E-state index < -0.39 is 0 Å². The van der Waals surface area contributed by atoms with Crippen molar-refractivity contribution in [2.45, 2.75) is 32.1 Å². The zero-order valence-electron chi connectivity index (χ0n) is 16.6. The third-order valence-electron chi connectivity index (χ3n) is 5.18. The predicted molar refractivity (Wildman–Crippen MR) is 110 cm³/mol. The summed E-state index contributed by atoms with van der Waals surface area (Å²) in [5.41, 5.74) is 2.07. The SMILES string of the molecule is CCOc1ccccc1-c1nc(C2CC(=O)N(CCCc3ccccc3)C2)no1. The Hall–Kier alpha value is -3.15. The molecule has 3 aromatic rings. The van der Waals surface area contributed by atoms with Crippen molar-refractivity contribution >= 4 is 5.91 Å². The maximum absolute atomic E-state index is 12.4. The Morgan fingerprint density at radius 2 is 1.93 bits per heavy atom. The van der Waals surface area contributed by atoms with Crippen molar-refractivity contribution in [2.24, 2.45) is 0 Å². The number of hydrogen-bond donors (Lipinski definition) is 0. The first-order valence-electron chi connectivity index (χ1n) is 10.1. The van der Waals surface area contributed by atoms with Crippen LogP contribution < -0.4 is 4.74 Å². The number of rotatable bonds is 8. The molecule has 1 aliphatic rings. The summed E-state index contributed by atoms with van der Waals surface area (Å²) in [6.45, 7) is 3.89. The van der Waals surface area contributed by atoms with Crippen molar-refractivity contribution in [3.63, 3.8) is 0 Å². The van der Waals surface area contributed by atoms with Gasteiger partial charge in [0.05, 0.1) is 12.2 Å². The average Bonchev–Trinajstić information content (AvgIpc) is 3.37. The molecule has 4 rings (SSSR count). The molecule has 0 radical (unpaired) electrons. The summed E-state index contributed by atoms with van der Waals surface area (Å²) in [5, 5.41) is 4.15. The van der Waals surface area contributed by atoms with E-state index in [1.54, 1.807) is 0 Å². The lowest BCUT2D eigenvalue weighted by Gasteiger charge is -2.15. The number of aryl methyl sites for hydroxylation is 1. The number of benzene rings is 2. The number of likely N-dealkylation sites (tertiary alicyclic amines) is 1. The summed E-state index contributed by atoms with van der Waals surface area (Å²) in [4.78, 5) is 18.9. The first-order chi connectivity index (χ1) is 14.2. The number of para-hydroxylation sites is 1. The maximum Gasteiger partial charge on any atom is 0.261 e. The highest BCUT2D eigenvalue weighted by Crippen LogP contribution is 2.32. The minimum atomic E-state index is -0.0315. The average molecular weight is 391 g/mol. The third-order valence-corrected chi connectivity index (χ3v) is 5.18. The molecule has 1 unspecified atom stereocenters. The third kappa shape index (κ3) is 4.47. The zero-order valence-corrected chi connectivity index (χ0v) is 16.6. The van der Waals surface area contributed by atoms with Crippen molar-refractivity contribution in [1.29, 1.82) is 0 Å². The Labute approximate surface area is 170 Å². The summed E-state index contributed by atoms with van der Waals surface area (Å²) < 4.78 is 11.1. The van der Waals surface area contributed by atoms with E-state index in [9.17, 15) is 4.79 Å². The van der Waals surface area contributed by atoms with E-state index in [1.807, 2.05) is 54.3 Å². The zero-order chi connectivity index (χ0) is 20.1. The van der Waals surface area contributed by atoms with Gasteiger partial charge in [-0.15, -0.1) is 0 Å². The lowest BCUT2D eigenvalue weighted by molar-refractivity contribution is -0.127. The van der Waals surface area contributed by atoms with Gasteiger partial charge in [-0.25, -0.2) is 0 Å². The maximum atomic E-state index is 12.4. The van der Waals surface area contributed by atoms with E-state index in [2.05, 4.69) is 22.3 Å². The molecule has 6 heteroatoms. The topological polar surface area (TPSA) is 68.5 Å². The van der Waals surface area contributed by atoms with Gasteiger partial charge in [-0.05, 0) is 37.5 Å². The number of carbonyl (C=O) groups excluding carboxylic acids is 1. The van der Waals surface area contributed by atoms with Gasteiger partial charge in [0.2, 0.25) is 5.91 Å². The van der Waals surface area contributed by atoms with Gasteiger partial charge < -0.3 is 14.2 Å². The number of carbonyl (C=O) groups is 1. The molecule has 1 fully saturated rings. The Morgan fingerprint density at radius 3 is 2.76 bits per heavy atom. The second-order valence-corrected chi connectivity index (χ2v) is 7.22. The standard InChI is InChI=1S/C23H25N3O3/c1-2-28-20-13-7-6-12-19(20)23-24-22(25-29-23)18-15-21(27)26(16-18)14-8-11-17-9-4-3-5-10-17/h3-7,9-10,12-13,18H,2,8,11,14-16H2,1H3. The van der Waals surface area contributed by atoms with Crippen LogP contribution in [0.25, 0.3) is 11.5 Å². The van der Waals surface area contributed by atoms with Crippen LogP contribution in [0, 0.1) is 0 Å². The minimum absolute atomic E-state index is 0.0315. The molecule has 1 aromatic heterocycles. The van der Waals surface area contributed by atoms with Crippen molar-refractivity contribution in [2.75, 3.05) is 19.7 Å². The first-order valence-corrected chi connectivity index (χ1v) is 10.1. The lowest BCUT2D eigenvalue weighted by atomic mass is 10.1. The molecule has 0 spiro atoms. The normalized spacial score (nSPS) is 16.4. The molecule has 1 saturated heterocycles. The molecule has 6 nitrogen and oxygen atoms in total. The van der Waals surface area contributed by atoms with Crippen LogP contribution in [0.3, 0.4) is 0 Å². The Kier molecular flexibility index (Phi) is 5.89. The summed E-state index contributed by atoms with van der Waals surface area (Å²) >= 11 is 0. The molecular weight excluding hydrogens is 366 g/mol. The second-order valence-electron chi connectivity index (χ2n) is 7.22. The Bertz CT molecular complexity index is 955. The van der Waals surface area contributed by atoms with Crippen molar-refractivity contribution in [3.8, 4) is 17.2 Å². The fourth-order valence-electron chi connectivity index (χ4n) is 3.71. The highest BCUT2D eigenvalue weighted by molar-refractivity contribution is 5.79. The highest BCUT2D eigenvalue weighted by Gasteiger charge is 2.33. The quantitative estimate of drug-likeness (QED) is 0.579. The molecule has 29 heavy (non-hydrogen) atoms.